The smallest absolute Gasteiger partial charge is 0.224 e. The largest absolute Gasteiger partial charge is 0.392 e. The summed E-state index contributed by atoms with van der Waals surface area (Å²) in [5, 5.41) is 16.5. The third kappa shape index (κ3) is 3.49. The summed E-state index contributed by atoms with van der Waals surface area (Å²) >= 11 is 0. The third-order valence-corrected chi connectivity index (χ3v) is 3.72. The zero-order chi connectivity index (χ0) is 15.4. The lowest BCUT2D eigenvalue weighted by molar-refractivity contribution is -0.116. The molecule has 112 valence electrons. The fourth-order valence-corrected chi connectivity index (χ4v) is 2.41. The number of para-hydroxylation sites is 1. The summed E-state index contributed by atoms with van der Waals surface area (Å²) in [6.07, 6.45) is 1.06. The number of rotatable bonds is 5. The maximum Gasteiger partial charge on any atom is 0.224 e. The molecule has 0 fully saturated rings. The topological polar surface area (TPSA) is 67.2 Å². The predicted octanol–water partition coefficient (Wildman–Crippen LogP) is 2.10. The van der Waals surface area contributed by atoms with Crippen molar-refractivity contribution in [2.75, 3.05) is 5.32 Å². The predicted molar refractivity (Wildman–Crippen MR) is 82.0 cm³/mol. The van der Waals surface area contributed by atoms with Crippen molar-refractivity contribution in [1.82, 2.24) is 9.78 Å². The monoisotopic (exact) mass is 287 g/mol. The van der Waals surface area contributed by atoms with Crippen molar-refractivity contribution >= 4 is 11.6 Å². The molecular weight excluding hydrogens is 266 g/mol. The van der Waals surface area contributed by atoms with E-state index in [4.69, 9.17) is 0 Å². The number of hydrogen-bond acceptors (Lipinski definition) is 3. The first kappa shape index (κ1) is 15.3. The van der Waals surface area contributed by atoms with E-state index in [-0.39, 0.29) is 12.5 Å². The molecule has 2 N–H and O–H groups in total. The highest BCUT2D eigenvalue weighted by molar-refractivity contribution is 5.91. The van der Waals surface area contributed by atoms with E-state index in [1.165, 1.54) is 0 Å². The van der Waals surface area contributed by atoms with Crippen LogP contribution in [0.25, 0.3) is 0 Å². The van der Waals surface area contributed by atoms with Crippen molar-refractivity contribution in [3.63, 3.8) is 0 Å². The maximum absolute atomic E-state index is 12.1. The molecular formula is C16H21N3O2. The van der Waals surface area contributed by atoms with Crippen LogP contribution in [0.3, 0.4) is 0 Å². The standard InChI is InChI=1S/C16H21N3O2/c1-11-14(12(2)19(3)18-11)8-9-16(21)17-15-7-5-4-6-13(15)10-20/h4-7,20H,8-10H2,1-3H3,(H,17,21). The lowest BCUT2D eigenvalue weighted by atomic mass is 10.1. The first-order chi connectivity index (χ1) is 10.0. The Morgan fingerprint density at radius 3 is 2.67 bits per heavy atom. The van der Waals surface area contributed by atoms with Crippen LogP contribution in [0.15, 0.2) is 24.3 Å². The molecule has 5 nitrogen and oxygen atoms in total. The summed E-state index contributed by atoms with van der Waals surface area (Å²) in [7, 11) is 1.91. The molecule has 0 saturated heterocycles. The van der Waals surface area contributed by atoms with Gasteiger partial charge in [0.15, 0.2) is 0 Å². The van der Waals surface area contributed by atoms with E-state index in [2.05, 4.69) is 10.4 Å². The molecule has 0 aliphatic rings. The van der Waals surface area contributed by atoms with Crippen LogP contribution in [0.1, 0.15) is 28.9 Å². The summed E-state index contributed by atoms with van der Waals surface area (Å²) in [4.78, 5) is 12.1. The molecule has 21 heavy (non-hydrogen) atoms. The number of hydrogen-bond donors (Lipinski definition) is 2. The number of carbonyl (C=O) groups is 1. The maximum atomic E-state index is 12.1. The lowest BCUT2D eigenvalue weighted by Gasteiger charge is -2.09. The van der Waals surface area contributed by atoms with Gasteiger partial charge in [0, 0.05) is 30.4 Å². The summed E-state index contributed by atoms with van der Waals surface area (Å²) in [5.41, 5.74) is 4.59. The van der Waals surface area contributed by atoms with E-state index in [1.807, 2.05) is 37.7 Å². The van der Waals surface area contributed by atoms with Gasteiger partial charge in [-0.05, 0) is 31.9 Å². The van der Waals surface area contributed by atoms with Crippen LogP contribution in [-0.4, -0.2) is 20.8 Å². The molecule has 0 unspecified atom stereocenters. The number of aryl methyl sites for hydroxylation is 2. The molecule has 0 aliphatic carbocycles. The minimum atomic E-state index is -0.0860. The molecule has 0 radical (unpaired) electrons. The highest BCUT2D eigenvalue weighted by Crippen LogP contribution is 2.17. The Morgan fingerprint density at radius 2 is 2.05 bits per heavy atom. The number of anilines is 1. The Balaban J connectivity index is 1.99. The number of amides is 1. The fraction of sp³-hybridized carbons (Fsp3) is 0.375. The highest BCUT2D eigenvalue weighted by atomic mass is 16.3. The van der Waals surface area contributed by atoms with Crippen LogP contribution in [0.4, 0.5) is 5.69 Å². The fourth-order valence-electron chi connectivity index (χ4n) is 2.41. The van der Waals surface area contributed by atoms with Crippen molar-refractivity contribution < 1.29 is 9.90 Å². The summed E-state index contributed by atoms with van der Waals surface area (Å²) in [5.74, 6) is -0.0569. The van der Waals surface area contributed by atoms with E-state index < -0.39 is 0 Å². The van der Waals surface area contributed by atoms with E-state index in [9.17, 15) is 9.90 Å². The molecule has 1 amide bonds. The molecule has 0 aliphatic heterocycles. The zero-order valence-corrected chi connectivity index (χ0v) is 12.7. The number of carbonyl (C=O) groups excluding carboxylic acids is 1. The van der Waals surface area contributed by atoms with Gasteiger partial charge in [-0.3, -0.25) is 9.48 Å². The Hall–Kier alpha value is -2.14. The van der Waals surface area contributed by atoms with Gasteiger partial charge >= 0.3 is 0 Å². The second-order valence-electron chi connectivity index (χ2n) is 5.14. The minimum absolute atomic E-state index is 0.0569. The van der Waals surface area contributed by atoms with Gasteiger partial charge in [0.1, 0.15) is 0 Å². The Labute approximate surface area is 124 Å². The van der Waals surface area contributed by atoms with Crippen molar-refractivity contribution in [2.24, 2.45) is 7.05 Å². The van der Waals surface area contributed by atoms with Crippen LogP contribution < -0.4 is 5.32 Å². The molecule has 2 aromatic rings. The van der Waals surface area contributed by atoms with Gasteiger partial charge in [-0.15, -0.1) is 0 Å². The van der Waals surface area contributed by atoms with Crippen LogP contribution in [-0.2, 0) is 24.9 Å². The van der Waals surface area contributed by atoms with E-state index in [0.29, 0.717) is 18.5 Å². The van der Waals surface area contributed by atoms with E-state index in [1.54, 1.807) is 12.1 Å². The van der Waals surface area contributed by atoms with E-state index >= 15 is 0 Å². The molecule has 2 rings (SSSR count). The van der Waals surface area contributed by atoms with Crippen molar-refractivity contribution in [2.45, 2.75) is 33.3 Å². The summed E-state index contributed by atoms with van der Waals surface area (Å²) < 4.78 is 1.84. The number of nitrogens with one attached hydrogen (secondary N) is 1. The number of aliphatic hydroxyl groups is 1. The first-order valence-corrected chi connectivity index (χ1v) is 7.00. The zero-order valence-electron chi connectivity index (χ0n) is 12.7. The molecule has 0 saturated carbocycles. The van der Waals surface area contributed by atoms with E-state index in [0.717, 1.165) is 22.5 Å². The van der Waals surface area contributed by atoms with Gasteiger partial charge in [0.2, 0.25) is 5.91 Å². The molecule has 1 heterocycles. The second-order valence-corrected chi connectivity index (χ2v) is 5.14. The Kier molecular flexibility index (Phi) is 4.75. The number of aliphatic hydroxyl groups excluding tert-OH is 1. The lowest BCUT2D eigenvalue weighted by Crippen LogP contribution is -2.14. The van der Waals surface area contributed by atoms with Gasteiger partial charge in [0.25, 0.3) is 0 Å². The van der Waals surface area contributed by atoms with Gasteiger partial charge < -0.3 is 10.4 Å². The number of nitrogens with zero attached hydrogens (tertiary/aromatic N) is 2. The van der Waals surface area contributed by atoms with Gasteiger partial charge in [-0.25, -0.2) is 0 Å². The second kappa shape index (κ2) is 6.54. The quantitative estimate of drug-likeness (QED) is 0.885. The summed E-state index contributed by atoms with van der Waals surface area (Å²) in [6, 6.07) is 7.27. The molecule has 1 aromatic carbocycles. The normalized spacial score (nSPS) is 10.7. The average Bonchev–Trinajstić information content (AvgIpc) is 2.71. The third-order valence-electron chi connectivity index (χ3n) is 3.72. The number of aromatic nitrogens is 2. The molecule has 5 heteroatoms. The molecule has 0 atom stereocenters. The van der Waals surface area contributed by atoms with Crippen LogP contribution in [0.2, 0.25) is 0 Å². The SMILES string of the molecule is Cc1nn(C)c(C)c1CCC(=O)Nc1ccccc1CO. The summed E-state index contributed by atoms with van der Waals surface area (Å²) in [6.45, 7) is 3.88. The van der Waals surface area contributed by atoms with Crippen LogP contribution in [0.5, 0.6) is 0 Å². The average molecular weight is 287 g/mol. The van der Waals surface area contributed by atoms with Crippen molar-refractivity contribution in [3.8, 4) is 0 Å². The molecule has 0 bridgehead atoms. The highest BCUT2D eigenvalue weighted by Gasteiger charge is 2.12. The van der Waals surface area contributed by atoms with Crippen molar-refractivity contribution in [1.29, 1.82) is 0 Å². The van der Waals surface area contributed by atoms with Crippen LogP contribution >= 0.6 is 0 Å². The molecule has 0 spiro atoms. The Morgan fingerprint density at radius 1 is 1.33 bits per heavy atom. The number of benzene rings is 1. The Bertz CT molecular complexity index is 647. The van der Waals surface area contributed by atoms with Gasteiger partial charge in [-0.2, -0.15) is 5.10 Å². The van der Waals surface area contributed by atoms with Crippen molar-refractivity contribution in [3.05, 3.63) is 46.8 Å². The van der Waals surface area contributed by atoms with Crippen LogP contribution in [0, 0.1) is 13.8 Å². The van der Waals surface area contributed by atoms with Gasteiger partial charge in [0.05, 0.1) is 12.3 Å². The molecule has 1 aromatic heterocycles. The minimum Gasteiger partial charge on any atom is -0.392 e. The van der Waals surface area contributed by atoms with Gasteiger partial charge in [-0.1, -0.05) is 18.2 Å². The first-order valence-electron chi connectivity index (χ1n) is 7.00.